The number of amides is 2. The monoisotopic (exact) mass is 446 g/mol. The normalized spacial score (nSPS) is 18.1. The number of carbonyl (C=O) groups excluding carboxylic acids is 2. The molecule has 1 saturated heterocycles. The van der Waals surface area contributed by atoms with E-state index in [0.717, 1.165) is 16.7 Å². The minimum Gasteiger partial charge on any atom is -0.356 e. The summed E-state index contributed by atoms with van der Waals surface area (Å²) in [6.45, 7) is 3.20. The van der Waals surface area contributed by atoms with Gasteiger partial charge in [-0.25, -0.2) is 14.4 Å². The first-order valence-corrected chi connectivity index (χ1v) is 11.2. The molecule has 3 aromatic rings. The Morgan fingerprint density at radius 2 is 1.91 bits per heavy atom. The molecule has 0 bridgehead atoms. The van der Waals surface area contributed by atoms with Crippen molar-refractivity contribution in [2.24, 2.45) is 5.41 Å². The van der Waals surface area contributed by atoms with Gasteiger partial charge in [-0.3, -0.25) is 9.59 Å². The molecule has 0 radical (unpaired) electrons. The number of rotatable bonds is 6. The van der Waals surface area contributed by atoms with E-state index in [9.17, 15) is 14.0 Å². The lowest BCUT2D eigenvalue weighted by molar-refractivity contribution is -0.133. The van der Waals surface area contributed by atoms with Crippen LogP contribution in [0.3, 0.4) is 0 Å². The van der Waals surface area contributed by atoms with Crippen molar-refractivity contribution in [3.8, 4) is 11.1 Å². The molecular formula is C26H27FN4O2. The average Bonchev–Trinajstić information content (AvgIpc) is 2.85. The van der Waals surface area contributed by atoms with Gasteiger partial charge in [0.05, 0.1) is 5.41 Å². The van der Waals surface area contributed by atoms with E-state index in [2.05, 4.69) is 15.3 Å². The van der Waals surface area contributed by atoms with E-state index in [1.54, 1.807) is 23.4 Å². The van der Waals surface area contributed by atoms with E-state index < -0.39 is 11.2 Å². The van der Waals surface area contributed by atoms with E-state index in [0.29, 0.717) is 37.9 Å². The van der Waals surface area contributed by atoms with Crippen molar-refractivity contribution in [3.05, 3.63) is 84.2 Å². The smallest absolute Gasteiger partial charge is 0.253 e. The number of piperidine rings is 1. The molecule has 1 aliphatic heterocycles. The fourth-order valence-electron chi connectivity index (χ4n) is 4.63. The van der Waals surface area contributed by atoms with Crippen molar-refractivity contribution >= 4 is 11.8 Å². The summed E-state index contributed by atoms with van der Waals surface area (Å²) in [5, 5.41) is 2.98. The third-order valence-corrected chi connectivity index (χ3v) is 6.17. The molecule has 4 rings (SSSR count). The van der Waals surface area contributed by atoms with E-state index in [4.69, 9.17) is 0 Å². The molecule has 1 atom stereocenters. The zero-order valence-corrected chi connectivity index (χ0v) is 18.6. The predicted molar refractivity (Wildman–Crippen MR) is 124 cm³/mol. The van der Waals surface area contributed by atoms with Crippen LogP contribution in [0.4, 0.5) is 4.39 Å². The molecule has 2 amide bonds. The van der Waals surface area contributed by atoms with Crippen molar-refractivity contribution in [3.63, 3.8) is 0 Å². The number of likely N-dealkylation sites (tertiary alicyclic amines) is 1. The maximum Gasteiger partial charge on any atom is 0.253 e. The van der Waals surface area contributed by atoms with Gasteiger partial charge >= 0.3 is 0 Å². The predicted octanol–water partition coefficient (Wildman–Crippen LogP) is 3.88. The molecule has 0 saturated carbocycles. The van der Waals surface area contributed by atoms with Gasteiger partial charge in [0.25, 0.3) is 5.91 Å². The Kier molecular flexibility index (Phi) is 6.77. The van der Waals surface area contributed by atoms with E-state index in [-0.39, 0.29) is 18.4 Å². The summed E-state index contributed by atoms with van der Waals surface area (Å²) in [5.74, 6) is -0.777. The van der Waals surface area contributed by atoms with Crippen molar-refractivity contribution in [1.82, 2.24) is 20.2 Å². The molecule has 1 aromatic heterocycles. The van der Waals surface area contributed by atoms with Crippen molar-refractivity contribution in [1.29, 1.82) is 0 Å². The van der Waals surface area contributed by atoms with Crippen LogP contribution >= 0.6 is 0 Å². The van der Waals surface area contributed by atoms with Crippen LogP contribution < -0.4 is 5.32 Å². The van der Waals surface area contributed by atoms with E-state index >= 15 is 0 Å². The van der Waals surface area contributed by atoms with Crippen molar-refractivity contribution in [2.75, 3.05) is 19.6 Å². The number of benzene rings is 2. The Hall–Kier alpha value is -3.61. The molecule has 33 heavy (non-hydrogen) atoms. The number of hydrogen-bond acceptors (Lipinski definition) is 4. The quantitative estimate of drug-likeness (QED) is 0.624. The molecule has 6 nitrogen and oxygen atoms in total. The van der Waals surface area contributed by atoms with Gasteiger partial charge in [0, 0.05) is 43.2 Å². The first-order chi connectivity index (χ1) is 16.0. The molecule has 1 unspecified atom stereocenters. The Morgan fingerprint density at radius 3 is 2.67 bits per heavy atom. The highest BCUT2D eigenvalue weighted by molar-refractivity contribution is 5.95. The molecule has 0 spiro atoms. The molecule has 7 heteroatoms. The fourth-order valence-corrected chi connectivity index (χ4v) is 4.63. The lowest BCUT2D eigenvalue weighted by Gasteiger charge is -2.42. The topological polar surface area (TPSA) is 75.2 Å². The molecule has 170 valence electrons. The third-order valence-electron chi connectivity index (χ3n) is 6.17. The second kappa shape index (κ2) is 9.90. The highest BCUT2D eigenvalue weighted by Crippen LogP contribution is 2.37. The number of nitrogens with one attached hydrogen (secondary N) is 1. The van der Waals surface area contributed by atoms with Gasteiger partial charge in [0.1, 0.15) is 12.1 Å². The Bertz CT molecular complexity index is 1140. The van der Waals surface area contributed by atoms with Crippen LogP contribution in [-0.4, -0.2) is 46.3 Å². The Balaban J connectivity index is 1.68. The van der Waals surface area contributed by atoms with Crippen LogP contribution in [0.1, 0.15) is 35.7 Å². The fraction of sp³-hybridized carbons (Fsp3) is 0.308. The molecule has 1 N–H and O–H groups in total. The largest absolute Gasteiger partial charge is 0.356 e. The molecule has 1 fully saturated rings. The van der Waals surface area contributed by atoms with Crippen molar-refractivity contribution < 1.29 is 14.0 Å². The highest BCUT2D eigenvalue weighted by atomic mass is 19.1. The van der Waals surface area contributed by atoms with Gasteiger partial charge in [-0.2, -0.15) is 0 Å². The van der Waals surface area contributed by atoms with Gasteiger partial charge < -0.3 is 10.2 Å². The first-order valence-electron chi connectivity index (χ1n) is 11.2. The number of halogens is 1. The molecule has 2 heterocycles. The number of nitrogens with zero attached hydrogens (tertiary/aromatic N) is 3. The van der Waals surface area contributed by atoms with Gasteiger partial charge in [0.15, 0.2) is 0 Å². The summed E-state index contributed by atoms with van der Waals surface area (Å²) < 4.78 is 13.7. The molecular weight excluding hydrogens is 419 g/mol. The average molecular weight is 447 g/mol. The highest BCUT2D eigenvalue weighted by Gasteiger charge is 2.43. The lowest BCUT2D eigenvalue weighted by atomic mass is 9.73. The second-order valence-corrected chi connectivity index (χ2v) is 8.44. The van der Waals surface area contributed by atoms with Crippen LogP contribution in [0.2, 0.25) is 0 Å². The molecule has 0 aliphatic carbocycles. The summed E-state index contributed by atoms with van der Waals surface area (Å²) in [6, 6.07) is 13.6. The third kappa shape index (κ3) is 4.92. The standard InChI is InChI=1S/C26H27FN4O2/c1-2-30-25(33)26(14-20-7-3-4-10-23(20)21-15-28-18-29-16-21)11-6-12-31(17-26)24(32)19-8-5-9-22(27)13-19/h3-5,7-10,13,15-16,18H,2,6,11-12,14,17H2,1H3,(H,30,33). The van der Waals surface area contributed by atoms with E-state index in [1.807, 2.05) is 31.2 Å². The van der Waals surface area contributed by atoms with Gasteiger partial charge in [-0.1, -0.05) is 30.3 Å². The van der Waals surface area contributed by atoms with Crippen LogP contribution in [0.5, 0.6) is 0 Å². The number of carbonyl (C=O) groups is 2. The minimum absolute atomic E-state index is 0.0687. The number of hydrogen-bond donors (Lipinski definition) is 1. The van der Waals surface area contributed by atoms with Gasteiger partial charge in [-0.05, 0) is 55.5 Å². The summed E-state index contributed by atoms with van der Waals surface area (Å²) in [6.07, 6.45) is 6.81. The van der Waals surface area contributed by atoms with E-state index in [1.165, 1.54) is 24.5 Å². The van der Waals surface area contributed by atoms with Gasteiger partial charge in [0.2, 0.25) is 5.91 Å². The maximum absolute atomic E-state index is 13.7. The zero-order valence-electron chi connectivity index (χ0n) is 18.6. The summed E-state index contributed by atoms with van der Waals surface area (Å²) in [5.41, 5.74) is 2.35. The lowest BCUT2D eigenvalue weighted by Crippen LogP contribution is -2.54. The number of aromatic nitrogens is 2. The summed E-state index contributed by atoms with van der Waals surface area (Å²) in [7, 11) is 0. The van der Waals surface area contributed by atoms with Gasteiger partial charge in [-0.15, -0.1) is 0 Å². The first kappa shape index (κ1) is 22.6. The summed E-state index contributed by atoms with van der Waals surface area (Å²) >= 11 is 0. The van der Waals surface area contributed by atoms with Crippen LogP contribution in [0.15, 0.2) is 67.3 Å². The molecule has 2 aromatic carbocycles. The Morgan fingerprint density at radius 1 is 1.12 bits per heavy atom. The second-order valence-electron chi connectivity index (χ2n) is 8.44. The van der Waals surface area contributed by atoms with Crippen molar-refractivity contribution in [2.45, 2.75) is 26.2 Å². The van der Waals surface area contributed by atoms with Crippen LogP contribution in [0.25, 0.3) is 11.1 Å². The Labute approximate surface area is 192 Å². The SMILES string of the molecule is CCNC(=O)C1(Cc2ccccc2-c2cncnc2)CCCN(C(=O)c2cccc(F)c2)C1. The summed E-state index contributed by atoms with van der Waals surface area (Å²) in [4.78, 5) is 36.5. The minimum atomic E-state index is -0.789. The van der Waals surface area contributed by atoms with Crippen LogP contribution in [0, 0.1) is 11.2 Å². The zero-order chi connectivity index (χ0) is 23.3. The molecule has 1 aliphatic rings. The maximum atomic E-state index is 13.7. The van der Waals surface area contributed by atoms with Crippen LogP contribution in [-0.2, 0) is 11.2 Å².